The Bertz CT molecular complexity index is 948. The van der Waals surface area contributed by atoms with Crippen LogP contribution in [0.25, 0.3) is 0 Å². The Labute approximate surface area is 188 Å². The molecule has 0 radical (unpaired) electrons. The molecule has 0 N–H and O–H groups in total. The molecule has 2 aliphatic heterocycles. The van der Waals surface area contributed by atoms with Gasteiger partial charge in [0.05, 0.1) is 17.4 Å². The largest absolute Gasteiger partial charge is 0.375 e. The van der Waals surface area contributed by atoms with E-state index in [9.17, 15) is 14.0 Å². The molecule has 1 aromatic heterocycles. The highest BCUT2D eigenvalue weighted by Gasteiger charge is 2.30. The van der Waals surface area contributed by atoms with E-state index >= 15 is 0 Å². The molecule has 0 bridgehead atoms. The van der Waals surface area contributed by atoms with E-state index in [1.165, 1.54) is 12.1 Å². The summed E-state index contributed by atoms with van der Waals surface area (Å²) in [5.74, 6) is -0.109. The Morgan fingerprint density at radius 2 is 1.78 bits per heavy atom. The highest BCUT2D eigenvalue weighted by molar-refractivity contribution is 5.98. The number of carbonyl (C=O) groups excluding carboxylic acids is 2. The molecule has 1 unspecified atom stereocenters. The van der Waals surface area contributed by atoms with E-state index in [-0.39, 0.29) is 29.5 Å². The Kier molecular flexibility index (Phi) is 7.06. The van der Waals surface area contributed by atoms with Gasteiger partial charge in [-0.05, 0) is 75.6 Å². The molecule has 1 saturated heterocycles. The molecule has 2 aromatic rings. The number of likely N-dealkylation sites (tertiary alicyclic amines) is 1. The Morgan fingerprint density at radius 3 is 2.47 bits per heavy atom. The Balaban J connectivity index is 1.25. The number of fused-ring (bicyclic) bond motifs is 1. The number of ether oxygens (including phenoxy) is 1. The lowest BCUT2D eigenvalue weighted by Gasteiger charge is -2.32. The summed E-state index contributed by atoms with van der Waals surface area (Å²) in [6.07, 6.45) is 5.21. The van der Waals surface area contributed by atoms with Crippen molar-refractivity contribution >= 4 is 11.7 Å². The van der Waals surface area contributed by atoms with Crippen LogP contribution in [0.1, 0.15) is 58.2 Å². The maximum atomic E-state index is 13.1. The van der Waals surface area contributed by atoms with Crippen molar-refractivity contribution in [3.05, 3.63) is 59.2 Å². The minimum Gasteiger partial charge on any atom is -0.375 e. The van der Waals surface area contributed by atoms with E-state index in [2.05, 4.69) is 4.90 Å². The molecule has 6 nitrogen and oxygen atoms in total. The number of ketones is 1. The van der Waals surface area contributed by atoms with Crippen molar-refractivity contribution < 1.29 is 18.7 Å². The predicted molar refractivity (Wildman–Crippen MR) is 120 cm³/mol. The number of aryl methyl sites for hydroxylation is 1. The van der Waals surface area contributed by atoms with Gasteiger partial charge in [-0.25, -0.2) is 4.39 Å². The maximum absolute atomic E-state index is 13.1. The summed E-state index contributed by atoms with van der Waals surface area (Å²) in [4.78, 5) is 30.0. The number of rotatable bonds is 7. The van der Waals surface area contributed by atoms with Crippen LogP contribution in [-0.4, -0.2) is 65.9 Å². The summed E-state index contributed by atoms with van der Waals surface area (Å²) in [6, 6.07) is 7.74. The lowest BCUT2D eigenvalue weighted by Crippen LogP contribution is -2.39. The van der Waals surface area contributed by atoms with Crippen LogP contribution in [0, 0.1) is 11.7 Å². The molecule has 1 aromatic carbocycles. The highest BCUT2D eigenvalue weighted by Crippen LogP contribution is 2.29. The molecular weight excluding hydrogens is 409 g/mol. The molecular formula is C25H32FN3O3. The number of piperidine rings is 1. The van der Waals surface area contributed by atoms with Gasteiger partial charge in [0, 0.05) is 44.9 Å². The summed E-state index contributed by atoms with van der Waals surface area (Å²) in [5.41, 5.74) is 2.31. The lowest BCUT2D eigenvalue weighted by molar-refractivity contribution is 0.0679. The lowest BCUT2D eigenvalue weighted by atomic mass is 9.89. The van der Waals surface area contributed by atoms with Crippen LogP contribution in [-0.2, 0) is 11.8 Å². The van der Waals surface area contributed by atoms with E-state index in [0.29, 0.717) is 12.1 Å². The topological polar surface area (TPSA) is 54.8 Å². The Hall–Kier alpha value is -2.51. The molecule has 0 saturated carbocycles. The van der Waals surface area contributed by atoms with E-state index in [1.54, 1.807) is 19.2 Å². The van der Waals surface area contributed by atoms with Gasteiger partial charge in [0.15, 0.2) is 5.78 Å². The van der Waals surface area contributed by atoms with Crippen LogP contribution < -0.4 is 0 Å². The van der Waals surface area contributed by atoms with Crippen LogP contribution >= 0.6 is 0 Å². The van der Waals surface area contributed by atoms with Crippen molar-refractivity contribution in [2.45, 2.75) is 31.8 Å². The van der Waals surface area contributed by atoms with Gasteiger partial charge >= 0.3 is 0 Å². The zero-order valence-corrected chi connectivity index (χ0v) is 18.9. The number of benzene rings is 1. The van der Waals surface area contributed by atoms with Crippen molar-refractivity contribution in [3.8, 4) is 0 Å². The summed E-state index contributed by atoms with van der Waals surface area (Å²) in [5, 5.41) is 0. The number of carbonyl (C=O) groups is 2. The first-order valence-corrected chi connectivity index (χ1v) is 11.5. The Morgan fingerprint density at radius 1 is 1.06 bits per heavy atom. The zero-order valence-electron chi connectivity index (χ0n) is 18.9. The fourth-order valence-electron chi connectivity index (χ4n) is 5.00. The third kappa shape index (κ3) is 4.79. The molecule has 0 spiro atoms. The third-order valence-electron chi connectivity index (χ3n) is 6.88. The molecule has 3 heterocycles. The smallest absolute Gasteiger partial charge is 0.255 e. The first-order valence-electron chi connectivity index (χ1n) is 11.5. The van der Waals surface area contributed by atoms with Crippen molar-refractivity contribution in [2.75, 3.05) is 39.8 Å². The SMILES string of the molecule is COC1CCN(CCCN2CCC(C(=O)c3ccc(F)cc3)CC2)C(=O)c2ccn(C)c21. The normalized spacial score (nSPS) is 20.3. The second-order valence-electron chi connectivity index (χ2n) is 8.87. The fourth-order valence-corrected chi connectivity index (χ4v) is 5.00. The van der Waals surface area contributed by atoms with Crippen LogP contribution in [0.15, 0.2) is 36.5 Å². The number of methoxy groups -OCH3 is 1. The number of hydrogen-bond donors (Lipinski definition) is 0. The molecule has 0 aliphatic carbocycles. The van der Waals surface area contributed by atoms with Gasteiger partial charge in [-0.2, -0.15) is 0 Å². The number of halogens is 1. The monoisotopic (exact) mass is 441 g/mol. The van der Waals surface area contributed by atoms with Gasteiger partial charge in [-0.1, -0.05) is 0 Å². The van der Waals surface area contributed by atoms with Crippen molar-refractivity contribution in [3.63, 3.8) is 0 Å². The van der Waals surface area contributed by atoms with Gasteiger partial charge in [0.1, 0.15) is 5.82 Å². The van der Waals surface area contributed by atoms with Crippen LogP contribution in [0.3, 0.4) is 0 Å². The molecule has 1 amide bonds. The van der Waals surface area contributed by atoms with Crippen LogP contribution in [0.2, 0.25) is 0 Å². The van der Waals surface area contributed by atoms with Crippen LogP contribution in [0.4, 0.5) is 4.39 Å². The van der Waals surface area contributed by atoms with Crippen LogP contribution in [0.5, 0.6) is 0 Å². The molecule has 7 heteroatoms. The maximum Gasteiger partial charge on any atom is 0.255 e. The van der Waals surface area contributed by atoms with Gasteiger partial charge in [-0.3, -0.25) is 9.59 Å². The minimum atomic E-state index is -0.319. The summed E-state index contributed by atoms with van der Waals surface area (Å²) >= 11 is 0. The summed E-state index contributed by atoms with van der Waals surface area (Å²) < 4.78 is 20.7. The first-order chi connectivity index (χ1) is 15.5. The molecule has 32 heavy (non-hydrogen) atoms. The second-order valence-corrected chi connectivity index (χ2v) is 8.87. The summed E-state index contributed by atoms with van der Waals surface area (Å²) in [7, 11) is 3.66. The van der Waals surface area contributed by atoms with E-state index in [1.807, 2.05) is 28.8 Å². The second kappa shape index (κ2) is 9.96. The van der Waals surface area contributed by atoms with Gasteiger partial charge in [0.2, 0.25) is 0 Å². The first kappa shape index (κ1) is 22.7. The molecule has 4 rings (SSSR count). The van der Waals surface area contributed by atoms with Gasteiger partial charge in [-0.15, -0.1) is 0 Å². The van der Waals surface area contributed by atoms with E-state index in [4.69, 9.17) is 4.74 Å². The quantitative estimate of drug-likeness (QED) is 0.615. The van der Waals surface area contributed by atoms with Crippen molar-refractivity contribution in [1.82, 2.24) is 14.4 Å². The van der Waals surface area contributed by atoms with E-state index in [0.717, 1.165) is 63.1 Å². The average Bonchev–Trinajstić information content (AvgIpc) is 3.13. The minimum absolute atomic E-state index is 0.00590. The number of amides is 1. The third-order valence-corrected chi connectivity index (χ3v) is 6.88. The molecule has 1 fully saturated rings. The number of hydrogen-bond acceptors (Lipinski definition) is 4. The van der Waals surface area contributed by atoms with Gasteiger partial charge in [0.25, 0.3) is 5.91 Å². The predicted octanol–water partition coefficient (Wildman–Crippen LogP) is 3.68. The van der Waals surface area contributed by atoms with Gasteiger partial charge < -0.3 is 19.1 Å². The van der Waals surface area contributed by atoms with Crippen molar-refractivity contribution in [2.24, 2.45) is 13.0 Å². The van der Waals surface area contributed by atoms with E-state index < -0.39 is 0 Å². The fraction of sp³-hybridized carbons (Fsp3) is 0.520. The molecule has 1 atom stereocenters. The number of aromatic nitrogens is 1. The van der Waals surface area contributed by atoms with Crippen molar-refractivity contribution in [1.29, 1.82) is 0 Å². The zero-order chi connectivity index (χ0) is 22.7. The summed E-state index contributed by atoms with van der Waals surface area (Å²) in [6.45, 7) is 4.08. The molecule has 172 valence electrons. The number of nitrogens with zero attached hydrogens (tertiary/aromatic N) is 3. The standard InChI is InChI=1S/C25H32FN3O3/c1-27-14-10-21-23(27)22(32-2)11-17-29(25(21)31)13-3-12-28-15-8-19(9-16-28)24(30)18-4-6-20(26)7-5-18/h4-7,10,14,19,22H,3,8-9,11-13,15-17H2,1-2H3. The number of Topliss-reactive ketones (excluding diaryl/α,β-unsaturated/α-hetero) is 1. The average molecular weight is 442 g/mol. The highest BCUT2D eigenvalue weighted by atomic mass is 19.1. The molecule has 2 aliphatic rings.